The molecule has 0 saturated heterocycles. The molecule has 0 saturated carbocycles. The Kier molecular flexibility index (Phi) is 9.65. The zero-order valence-corrected chi connectivity index (χ0v) is 24.3. The number of carbonyl (C=O) groups excluding carboxylic acids is 1. The summed E-state index contributed by atoms with van der Waals surface area (Å²) in [7, 11) is 4.40. The first kappa shape index (κ1) is 29.9. The van der Waals surface area contributed by atoms with Crippen LogP contribution in [0.25, 0.3) is 0 Å². The van der Waals surface area contributed by atoms with Crippen molar-refractivity contribution in [3.63, 3.8) is 0 Å². The average Bonchev–Trinajstić information content (AvgIpc) is 3.00. The van der Waals surface area contributed by atoms with Crippen LogP contribution in [-0.4, -0.2) is 40.5 Å². The molecule has 3 aromatic carbocycles. The van der Waals surface area contributed by atoms with Gasteiger partial charge in [0.2, 0.25) is 11.6 Å². The summed E-state index contributed by atoms with van der Waals surface area (Å²) >= 11 is 0. The van der Waals surface area contributed by atoms with Crippen molar-refractivity contribution in [1.82, 2.24) is 0 Å². The van der Waals surface area contributed by atoms with Gasteiger partial charge >= 0.3 is 5.97 Å². The third kappa shape index (κ3) is 6.15. The van der Waals surface area contributed by atoms with Crippen molar-refractivity contribution in [2.45, 2.75) is 32.6 Å². The van der Waals surface area contributed by atoms with Gasteiger partial charge in [-0.05, 0) is 49.2 Å². The number of hydrogen-bond donors (Lipinski definition) is 1. The molecule has 0 amide bonds. The Labute approximate surface area is 245 Å². The second kappa shape index (κ2) is 13.5. The van der Waals surface area contributed by atoms with Gasteiger partial charge in [0.15, 0.2) is 23.0 Å². The molecule has 3 aromatic rings. The van der Waals surface area contributed by atoms with Gasteiger partial charge in [-0.25, -0.2) is 4.79 Å². The number of nitrogens with two attached hydrogens (primary N) is 1. The van der Waals surface area contributed by atoms with E-state index in [9.17, 15) is 10.1 Å². The first-order chi connectivity index (χ1) is 20.4. The standard InChI is InChI=1S/C32H34N2O8/c1-6-8-13-40-24-12-9-19(14-26(24)39-7-2)29-22-11-10-21(17-25(22)42-31(34)23(29)18-33)41-32(35)20-15-27(36-3)30(38-5)28(16-20)37-4/h9-12,14-17,29H,6-8,13,34H2,1-5H3. The van der Waals surface area contributed by atoms with E-state index in [4.69, 9.17) is 38.9 Å². The van der Waals surface area contributed by atoms with Crippen LogP contribution in [0, 0.1) is 11.3 Å². The Hall–Kier alpha value is -5.04. The zero-order valence-electron chi connectivity index (χ0n) is 24.3. The Morgan fingerprint density at radius 3 is 2.29 bits per heavy atom. The Bertz CT molecular complexity index is 1500. The van der Waals surface area contributed by atoms with Crippen LogP contribution >= 0.6 is 0 Å². The molecule has 0 aromatic heterocycles. The van der Waals surface area contributed by atoms with E-state index in [1.165, 1.54) is 33.5 Å². The van der Waals surface area contributed by atoms with Crippen molar-refractivity contribution < 1.29 is 38.0 Å². The molecule has 1 heterocycles. The summed E-state index contributed by atoms with van der Waals surface area (Å²) in [5.74, 6) is 1.54. The number of benzene rings is 3. The van der Waals surface area contributed by atoms with E-state index in [-0.39, 0.29) is 22.8 Å². The predicted molar refractivity (Wildman–Crippen MR) is 155 cm³/mol. The quantitative estimate of drug-likeness (QED) is 0.163. The predicted octanol–water partition coefficient (Wildman–Crippen LogP) is 5.73. The summed E-state index contributed by atoms with van der Waals surface area (Å²) in [6.07, 6.45) is 1.93. The van der Waals surface area contributed by atoms with E-state index in [2.05, 4.69) is 13.0 Å². The molecule has 0 spiro atoms. The van der Waals surface area contributed by atoms with E-state index in [0.717, 1.165) is 18.4 Å². The van der Waals surface area contributed by atoms with Crippen LogP contribution in [0.5, 0.6) is 40.2 Å². The molecule has 10 nitrogen and oxygen atoms in total. The summed E-state index contributed by atoms with van der Waals surface area (Å²) in [6.45, 7) is 5.01. The second-order valence-corrected chi connectivity index (χ2v) is 9.27. The molecular weight excluding hydrogens is 540 g/mol. The van der Waals surface area contributed by atoms with E-state index in [0.29, 0.717) is 53.3 Å². The number of carbonyl (C=O) groups is 1. The highest BCUT2D eigenvalue weighted by atomic mass is 16.5. The van der Waals surface area contributed by atoms with Gasteiger partial charge in [-0.1, -0.05) is 25.5 Å². The summed E-state index contributed by atoms with van der Waals surface area (Å²) in [4.78, 5) is 13.1. The Morgan fingerprint density at radius 2 is 1.67 bits per heavy atom. The lowest BCUT2D eigenvalue weighted by atomic mass is 9.83. The highest BCUT2D eigenvalue weighted by molar-refractivity contribution is 5.92. The summed E-state index contributed by atoms with van der Waals surface area (Å²) in [6, 6.07) is 15.7. The normalized spacial score (nSPS) is 13.8. The minimum atomic E-state index is -0.650. The van der Waals surface area contributed by atoms with Crippen molar-refractivity contribution in [1.29, 1.82) is 5.26 Å². The van der Waals surface area contributed by atoms with Crippen LogP contribution in [0.2, 0.25) is 0 Å². The molecule has 4 rings (SSSR count). The monoisotopic (exact) mass is 574 g/mol. The van der Waals surface area contributed by atoms with Crippen LogP contribution in [0.1, 0.15) is 54.1 Å². The number of nitrogens with zero attached hydrogens (tertiary/aromatic N) is 1. The van der Waals surface area contributed by atoms with Gasteiger partial charge in [-0.15, -0.1) is 0 Å². The zero-order chi connectivity index (χ0) is 30.2. The molecule has 10 heteroatoms. The van der Waals surface area contributed by atoms with Crippen molar-refractivity contribution in [3.8, 4) is 46.3 Å². The fraction of sp³-hybridized carbons (Fsp3) is 0.312. The summed E-state index contributed by atoms with van der Waals surface area (Å²) < 4.78 is 39.3. The van der Waals surface area contributed by atoms with Crippen LogP contribution in [0.3, 0.4) is 0 Å². The van der Waals surface area contributed by atoms with Gasteiger partial charge in [0.25, 0.3) is 0 Å². The minimum absolute atomic E-state index is 0.0377. The maximum Gasteiger partial charge on any atom is 0.343 e. The highest BCUT2D eigenvalue weighted by Crippen LogP contribution is 2.45. The van der Waals surface area contributed by atoms with E-state index in [1.54, 1.807) is 18.2 Å². The maximum atomic E-state index is 13.1. The van der Waals surface area contributed by atoms with Crippen LogP contribution in [-0.2, 0) is 0 Å². The number of esters is 1. The number of nitriles is 1. The lowest BCUT2D eigenvalue weighted by Gasteiger charge is -2.27. The first-order valence-electron chi connectivity index (χ1n) is 13.5. The molecule has 1 atom stereocenters. The number of rotatable bonds is 12. The van der Waals surface area contributed by atoms with Gasteiger partial charge in [-0.3, -0.25) is 0 Å². The van der Waals surface area contributed by atoms with Gasteiger partial charge in [0.05, 0.1) is 46.0 Å². The second-order valence-electron chi connectivity index (χ2n) is 9.27. The Morgan fingerprint density at radius 1 is 0.929 bits per heavy atom. The van der Waals surface area contributed by atoms with Crippen molar-refractivity contribution >= 4 is 5.97 Å². The van der Waals surface area contributed by atoms with E-state index in [1.807, 2.05) is 25.1 Å². The Balaban J connectivity index is 1.67. The van der Waals surface area contributed by atoms with Gasteiger partial charge in [-0.2, -0.15) is 5.26 Å². The first-order valence-corrected chi connectivity index (χ1v) is 13.5. The molecule has 1 aliphatic heterocycles. The van der Waals surface area contributed by atoms with Crippen molar-refractivity contribution in [2.24, 2.45) is 5.73 Å². The largest absolute Gasteiger partial charge is 0.493 e. The number of allylic oxidation sites excluding steroid dienone is 1. The molecular formula is C32H34N2O8. The lowest BCUT2D eigenvalue weighted by molar-refractivity contribution is 0.0733. The topological polar surface area (TPSA) is 131 Å². The van der Waals surface area contributed by atoms with Crippen molar-refractivity contribution in [2.75, 3.05) is 34.5 Å². The molecule has 1 unspecified atom stereocenters. The highest BCUT2D eigenvalue weighted by Gasteiger charge is 2.32. The summed E-state index contributed by atoms with van der Waals surface area (Å²) in [5.41, 5.74) is 8.10. The lowest BCUT2D eigenvalue weighted by Crippen LogP contribution is -2.21. The third-order valence-corrected chi connectivity index (χ3v) is 6.66. The maximum absolute atomic E-state index is 13.1. The molecule has 42 heavy (non-hydrogen) atoms. The number of hydrogen-bond acceptors (Lipinski definition) is 10. The summed E-state index contributed by atoms with van der Waals surface area (Å²) in [5, 5.41) is 9.99. The molecule has 0 radical (unpaired) electrons. The van der Waals surface area contributed by atoms with Crippen LogP contribution in [0.15, 0.2) is 60.0 Å². The van der Waals surface area contributed by atoms with Gasteiger partial charge in [0, 0.05) is 11.6 Å². The minimum Gasteiger partial charge on any atom is -0.493 e. The SMILES string of the molecule is CCCCOc1ccc(C2C(C#N)=C(N)Oc3cc(OC(=O)c4cc(OC)c(OC)c(OC)c4)ccc32)cc1OCC. The molecule has 0 aliphatic carbocycles. The van der Waals surface area contributed by atoms with Crippen molar-refractivity contribution in [3.05, 3.63) is 76.7 Å². The van der Waals surface area contributed by atoms with Crippen LogP contribution in [0.4, 0.5) is 0 Å². The molecule has 0 fully saturated rings. The molecule has 220 valence electrons. The molecule has 0 bridgehead atoms. The van der Waals surface area contributed by atoms with E-state index >= 15 is 0 Å². The number of ether oxygens (including phenoxy) is 7. The molecule has 2 N–H and O–H groups in total. The molecule has 1 aliphatic rings. The third-order valence-electron chi connectivity index (χ3n) is 6.66. The number of methoxy groups -OCH3 is 3. The fourth-order valence-corrected chi connectivity index (χ4v) is 4.63. The van der Waals surface area contributed by atoms with Crippen LogP contribution < -0.4 is 38.9 Å². The van der Waals surface area contributed by atoms with Gasteiger partial charge in [0.1, 0.15) is 23.1 Å². The average molecular weight is 575 g/mol. The smallest absolute Gasteiger partial charge is 0.343 e. The number of unbranched alkanes of at least 4 members (excludes halogenated alkanes) is 1. The fourth-order valence-electron chi connectivity index (χ4n) is 4.63. The van der Waals surface area contributed by atoms with E-state index < -0.39 is 11.9 Å². The number of fused-ring (bicyclic) bond motifs is 1. The van der Waals surface area contributed by atoms with Gasteiger partial charge < -0.3 is 38.9 Å².